The third kappa shape index (κ3) is 53.2. The number of carbonyl (C=O) groups is 3. The molecule has 1 atom stereocenters. The largest absolute Gasteiger partial charge is 0.462 e. The van der Waals surface area contributed by atoms with Crippen molar-refractivity contribution in [2.75, 3.05) is 13.2 Å². The number of unbranched alkanes of at least 4 members (excludes halogenated alkanes) is 44. The van der Waals surface area contributed by atoms with Gasteiger partial charge in [0.25, 0.3) is 0 Å². The fraction of sp³-hybridized carbons (Fsp3) is 0.949. The molecular weight excluding hydrogens is 805 g/mol. The summed E-state index contributed by atoms with van der Waals surface area (Å²) in [5.41, 5.74) is 0. The molecule has 6 nitrogen and oxygen atoms in total. The van der Waals surface area contributed by atoms with Crippen LogP contribution in [0, 0.1) is 0 Å². The normalized spacial score (nSPS) is 11.9. The third-order valence-electron chi connectivity index (χ3n) is 13.6. The standard InChI is InChI=1S/C59H114O6/c1-4-7-10-13-16-19-21-23-25-26-27-28-29-30-31-32-33-34-35-37-38-40-43-46-49-52-58(61)64-55-56(54-63-57(60)51-48-45-42-18-15-12-9-6-3)65-59(62)53-50-47-44-41-39-36-24-22-20-17-14-11-8-5-2/h56H,4-55H2,1-3H3. The van der Waals surface area contributed by atoms with Crippen molar-refractivity contribution in [2.24, 2.45) is 0 Å². The Morgan fingerprint density at radius 2 is 0.415 bits per heavy atom. The molecule has 0 aromatic rings. The second-order valence-corrected chi connectivity index (χ2v) is 20.3. The molecule has 6 heteroatoms. The van der Waals surface area contributed by atoms with Crippen molar-refractivity contribution in [1.82, 2.24) is 0 Å². The van der Waals surface area contributed by atoms with Gasteiger partial charge in [-0.3, -0.25) is 14.4 Å². The number of rotatable bonds is 55. The van der Waals surface area contributed by atoms with Gasteiger partial charge in [-0.25, -0.2) is 0 Å². The predicted octanol–water partition coefficient (Wildman–Crippen LogP) is 19.5. The summed E-state index contributed by atoms with van der Waals surface area (Å²) in [7, 11) is 0. The summed E-state index contributed by atoms with van der Waals surface area (Å²) in [6, 6.07) is 0. The summed E-state index contributed by atoms with van der Waals surface area (Å²) in [6.45, 7) is 6.67. The fourth-order valence-electron chi connectivity index (χ4n) is 9.15. The Balaban J connectivity index is 4.07. The van der Waals surface area contributed by atoms with Gasteiger partial charge in [0.15, 0.2) is 6.10 Å². The van der Waals surface area contributed by atoms with E-state index in [9.17, 15) is 14.4 Å². The van der Waals surface area contributed by atoms with Crippen LogP contribution in [0.1, 0.15) is 342 Å². The van der Waals surface area contributed by atoms with E-state index in [0.717, 1.165) is 57.8 Å². The molecule has 0 radical (unpaired) electrons. The zero-order chi connectivity index (χ0) is 47.2. The Bertz CT molecular complexity index is 967. The van der Waals surface area contributed by atoms with Gasteiger partial charge in [0.1, 0.15) is 13.2 Å². The molecule has 0 aliphatic rings. The highest BCUT2D eigenvalue weighted by molar-refractivity contribution is 5.71. The van der Waals surface area contributed by atoms with E-state index in [1.165, 1.54) is 244 Å². The molecule has 65 heavy (non-hydrogen) atoms. The summed E-state index contributed by atoms with van der Waals surface area (Å²) in [4.78, 5) is 38.0. The van der Waals surface area contributed by atoms with E-state index in [4.69, 9.17) is 14.2 Å². The number of hydrogen-bond acceptors (Lipinski definition) is 6. The number of esters is 3. The van der Waals surface area contributed by atoms with Crippen LogP contribution in [0.4, 0.5) is 0 Å². The lowest BCUT2D eigenvalue weighted by Gasteiger charge is -2.18. The van der Waals surface area contributed by atoms with Crippen LogP contribution in [0.3, 0.4) is 0 Å². The van der Waals surface area contributed by atoms with Crippen molar-refractivity contribution in [2.45, 2.75) is 348 Å². The van der Waals surface area contributed by atoms with E-state index in [1.807, 2.05) is 0 Å². The average Bonchev–Trinajstić information content (AvgIpc) is 3.30. The molecule has 1 unspecified atom stereocenters. The molecule has 0 aliphatic carbocycles. The summed E-state index contributed by atoms with van der Waals surface area (Å²) in [5, 5.41) is 0. The van der Waals surface area contributed by atoms with Crippen LogP contribution in [-0.4, -0.2) is 37.2 Å². The average molecular weight is 920 g/mol. The van der Waals surface area contributed by atoms with E-state index in [-0.39, 0.29) is 31.1 Å². The zero-order valence-corrected chi connectivity index (χ0v) is 44.3. The first-order valence-corrected chi connectivity index (χ1v) is 29.5. The van der Waals surface area contributed by atoms with Crippen LogP contribution < -0.4 is 0 Å². The van der Waals surface area contributed by atoms with Crippen LogP contribution in [-0.2, 0) is 28.6 Å². The Kier molecular flexibility index (Phi) is 53.7. The maximum Gasteiger partial charge on any atom is 0.306 e. The number of carbonyl (C=O) groups excluding carboxylic acids is 3. The maximum absolute atomic E-state index is 12.8. The molecule has 0 aromatic heterocycles. The molecule has 0 heterocycles. The van der Waals surface area contributed by atoms with E-state index in [2.05, 4.69) is 20.8 Å². The molecule has 0 spiro atoms. The second-order valence-electron chi connectivity index (χ2n) is 20.3. The number of ether oxygens (including phenoxy) is 3. The lowest BCUT2D eigenvalue weighted by atomic mass is 10.0. The van der Waals surface area contributed by atoms with E-state index >= 15 is 0 Å². The lowest BCUT2D eigenvalue weighted by Crippen LogP contribution is -2.30. The van der Waals surface area contributed by atoms with Gasteiger partial charge in [0.05, 0.1) is 0 Å². The maximum atomic E-state index is 12.8. The highest BCUT2D eigenvalue weighted by Crippen LogP contribution is 2.18. The summed E-state index contributed by atoms with van der Waals surface area (Å²) in [5.74, 6) is -0.840. The van der Waals surface area contributed by atoms with Gasteiger partial charge in [0.2, 0.25) is 0 Å². The molecule has 0 N–H and O–H groups in total. The zero-order valence-electron chi connectivity index (χ0n) is 44.3. The Morgan fingerprint density at radius 3 is 0.615 bits per heavy atom. The van der Waals surface area contributed by atoms with Crippen LogP contribution in [0.2, 0.25) is 0 Å². The van der Waals surface area contributed by atoms with Gasteiger partial charge < -0.3 is 14.2 Å². The first-order valence-electron chi connectivity index (χ1n) is 29.5. The first kappa shape index (κ1) is 63.4. The first-order chi connectivity index (χ1) is 32.0. The Hall–Kier alpha value is -1.59. The van der Waals surface area contributed by atoms with Crippen LogP contribution in [0.15, 0.2) is 0 Å². The topological polar surface area (TPSA) is 78.9 Å². The van der Waals surface area contributed by atoms with E-state index in [1.54, 1.807) is 0 Å². The Morgan fingerprint density at radius 1 is 0.246 bits per heavy atom. The summed E-state index contributed by atoms with van der Waals surface area (Å²) in [6.07, 6.45) is 61.2. The lowest BCUT2D eigenvalue weighted by molar-refractivity contribution is -0.167. The second kappa shape index (κ2) is 55.0. The quantitative estimate of drug-likeness (QED) is 0.0344. The molecule has 386 valence electrons. The van der Waals surface area contributed by atoms with Crippen molar-refractivity contribution < 1.29 is 28.6 Å². The summed E-state index contributed by atoms with van der Waals surface area (Å²) < 4.78 is 16.8. The van der Waals surface area contributed by atoms with E-state index < -0.39 is 6.10 Å². The van der Waals surface area contributed by atoms with E-state index in [0.29, 0.717) is 19.3 Å². The van der Waals surface area contributed by atoms with Crippen LogP contribution >= 0.6 is 0 Å². The van der Waals surface area contributed by atoms with Crippen molar-refractivity contribution in [3.63, 3.8) is 0 Å². The molecule has 0 bridgehead atoms. The highest BCUT2D eigenvalue weighted by Gasteiger charge is 2.19. The molecular formula is C59H114O6. The molecule has 0 fully saturated rings. The molecule has 0 aliphatic heterocycles. The predicted molar refractivity (Wildman–Crippen MR) is 280 cm³/mol. The fourth-order valence-corrected chi connectivity index (χ4v) is 9.15. The monoisotopic (exact) mass is 919 g/mol. The van der Waals surface area contributed by atoms with Gasteiger partial charge >= 0.3 is 17.9 Å². The van der Waals surface area contributed by atoms with Crippen molar-refractivity contribution >= 4 is 17.9 Å². The van der Waals surface area contributed by atoms with Gasteiger partial charge in [-0.15, -0.1) is 0 Å². The minimum atomic E-state index is -0.760. The molecule has 0 rings (SSSR count). The van der Waals surface area contributed by atoms with Gasteiger partial charge in [0, 0.05) is 19.3 Å². The molecule has 0 saturated carbocycles. The highest BCUT2D eigenvalue weighted by atomic mass is 16.6. The van der Waals surface area contributed by atoms with Crippen LogP contribution in [0.25, 0.3) is 0 Å². The minimum absolute atomic E-state index is 0.0617. The van der Waals surface area contributed by atoms with Crippen molar-refractivity contribution in [3.8, 4) is 0 Å². The summed E-state index contributed by atoms with van der Waals surface area (Å²) >= 11 is 0. The molecule has 0 saturated heterocycles. The van der Waals surface area contributed by atoms with Gasteiger partial charge in [-0.05, 0) is 19.3 Å². The Labute approximate surface area is 406 Å². The SMILES string of the molecule is CCCCCCCCCCCCCCCCCCCCCCCCCCCC(=O)OCC(COC(=O)CCCCCCCCCC)OC(=O)CCCCCCCCCCCCCCCC. The molecule has 0 amide bonds. The minimum Gasteiger partial charge on any atom is -0.462 e. The molecule has 0 aromatic carbocycles. The van der Waals surface area contributed by atoms with Crippen molar-refractivity contribution in [3.05, 3.63) is 0 Å². The third-order valence-corrected chi connectivity index (χ3v) is 13.6. The van der Waals surface area contributed by atoms with Crippen LogP contribution in [0.5, 0.6) is 0 Å². The smallest absolute Gasteiger partial charge is 0.306 e. The van der Waals surface area contributed by atoms with Gasteiger partial charge in [-0.1, -0.05) is 303 Å². The van der Waals surface area contributed by atoms with Gasteiger partial charge in [-0.2, -0.15) is 0 Å². The number of hydrogen-bond donors (Lipinski definition) is 0. The van der Waals surface area contributed by atoms with Crippen molar-refractivity contribution in [1.29, 1.82) is 0 Å².